The van der Waals surface area contributed by atoms with E-state index >= 15 is 4.39 Å². The maximum Gasteiger partial charge on any atom is 0.319 e. The van der Waals surface area contributed by atoms with Crippen molar-refractivity contribution in [2.24, 2.45) is 5.41 Å². The highest BCUT2D eigenvalue weighted by molar-refractivity contribution is 6.39. The third-order valence-corrected chi connectivity index (χ3v) is 12.1. The number of likely N-dealkylation sites (tertiary alicyclic amines) is 3. The first kappa shape index (κ1) is 39.7. The zero-order valence-corrected chi connectivity index (χ0v) is 33.8. The number of carbonyl (C=O) groups excluding carboxylic acids is 2. The number of anilines is 2. The van der Waals surface area contributed by atoms with Crippen LogP contribution >= 0.6 is 23.2 Å². The van der Waals surface area contributed by atoms with Gasteiger partial charge in [-0.15, -0.1) is 0 Å². The number of nitrogens with one attached hydrogen (secondary N) is 2. The molecule has 4 aromatic rings. The number of benzene rings is 1. The minimum Gasteiger partial charge on any atom is -0.481 e. The molecule has 0 unspecified atom stereocenters. The standard InChI is InChI=1S/C41H48Cl2FN9O3/c1-26(54)52-18-12-29(13-19-52)47-22-27-10-16-46-38(36(27)44)48-33-7-5-6-31(34(33)42)37-35(43)30(11-17-45-37)32-9-8-28(39(49-32)56-4)23-51-20-14-41(24-51)15-21-53(25-41)40(55)50(2)3/h5-11,16-17,29,47H,12-15,18-25H2,1-4H3,(H,46,48)/t41-/m0/s1. The van der Waals surface area contributed by atoms with Gasteiger partial charge in [0.2, 0.25) is 11.8 Å². The van der Waals surface area contributed by atoms with Gasteiger partial charge in [0.1, 0.15) is 0 Å². The highest BCUT2D eigenvalue weighted by atomic mass is 35.5. The Morgan fingerprint density at radius 1 is 0.929 bits per heavy atom. The molecule has 1 aromatic carbocycles. The Labute approximate surface area is 337 Å². The van der Waals surface area contributed by atoms with Gasteiger partial charge in [0.05, 0.1) is 34.2 Å². The van der Waals surface area contributed by atoms with E-state index in [1.54, 1.807) is 69.7 Å². The topological polar surface area (TPSA) is 119 Å². The molecule has 3 amide bonds. The molecular weight excluding hydrogens is 756 g/mol. The molecule has 3 fully saturated rings. The number of hydrogen-bond acceptors (Lipinski definition) is 9. The molecule has 1 spiro atoms. The lowest BCUT2D eigenvalue weighted by atomic mass is 9.86. The Balaban J connectivity index is 1.04. The van der Waals surface area contributed by atoms with E-state index < -0.39 is 5.82 Å². The van der Waals surface area contributed by atoms with Gasteiger partial charge < -0.3 is 30.1 Å². The molecule has 56 heavy (non-hydrogen) atoms. The average molecular weight is 805 g/mol. The van der Waals surface area contributed by atoms with Gasteiger partial charge in [-0.05, 0) is 56.5 Å². The van der Waals surface area contributed by atoms with Crippen molar-refractivity contribution in [3.8, 4) is 28.4 Å². The summed E-state index contributed by atoms with van der Waals surface area (Å²) in [4.78, 5) is 45.9. The van der Waals surface area contributed by atoms with E-state index in [2.05, 4.69) is 25.5 Å². The number of halogens is 3. The number of pyridine rings is 3. The van der Waals surface area contributed by atoms with E-state index in [0.29, 0.717) is 75.9 Å². The number of carbonyl (C=O) groups is 2. The Morgan fingerprint density at radius 3 is 2.45 bits per heavy atom. The Morgan fingerprint density at radius 2 is 1.70 bits per heavy atom. The summed E-state index contributed by atoms with van der Waals surface area (Å²) in [6.07, 6.45) is 6.90. The number of hydrogen-bond donors (Lipinski definition) is 2. The zero-order chi connectivity index (χ0) is 39.6. The molecule has 1 atom stereocenters. The quantitative estimate of drug-likeness (QED) is 0.173. The van der Waals surface area contributed by atoms with E-state index in [1.807, 2.05) is 28.0 Å². The lowest BCUT2D eigenvalue weighted by molar-refractivity contribution is -0.129. The average Bonchev–Trinajstić information content (AvgIpc) is 3.81. The fourth-order valence-electron chi connectivity index (χ4n) is 8.16. The van der Waals surface area contributed by atoms with Gasteiger partial charge in [-0.1, -0.05) is 41.4 Å². The maximum atomic E-state index is 15.7. The summed E-state index contributed by atoms with van der Waals surface area (Å²) in [6.45, 7) is 7.40. The molecule has 0 saturated carbocycles. The number of amides is 3. The van der Waals surface area contributed by atoms with Crippen LogP contribution < -0.4 is 15.4 Å². The van der Waals surface area contributed by atoms with E-state index in [0.717, 1.165) is 57.4 Å². The first-order chi connectivity index (χ1) is 26.9. The van der Waals surface area contributed by atoms with Gasteiger partial charge in [0.15, 0.2) is 11.6 Å². The third-order valence-electron chi connectivity index (χ3n) is 11.3. The predicted molar refractivity (Wildman–Crippen MR) is 217 cm³/mol. The van der Waals surface area contributed by atoms with Crippen LogP contribution in [0.25, 0.3) is 22.5 Å². The van der Waals surface area contributed by atoms with Crippen LogP contribution in [0.1, 0.15) is 43.7 Å². The Kier molecular flexibility index (Phi) is 12.0. The molecule has 3 aliphatic heterocycles. The second kappa shape index (κ2) is 16.9. The van der Waals surface area contributed by atoms with Crippen LogP contribution in [0.3, 0.4) is 0 Å². The summed E-state index contributed by atoms with van der Waals surface area (Å²) in [5.41, 5.74) is 4.29. The van der Waals surface area contributed by atoms with Crippen molar-refractivity contribution < 1.29 is 18.7 Å². The lowest BCUT2D eigenvalue weighted by Crippen LogP contribution is -2.44. The smallest absolute Gasteiger partial charge is 0.319 e. The van der Waals surface area contributed by atoms with Gasteiger partial charge in [-0.2, -0.15) is 0 Å². The SMILES string of the molecule is COc1nc(-c2ccnc(-c3cccc(Nc4nccc(CNC5CCN(C(C)=O)CC5)c4F)c3Cl)c2Cl)ccc1CN1CC[C@]2(CCN(C(=O)N(C)C)C2)C1. The lowest BCUT2D eigenvalue weighted by Gasteiger charge is -2.31. The molecule has 6 heterocycles. The number of aromatic nitrogens is 3. The van der Waals surface area contributed by atoms with E-state index in [9.17, 15) is 9.59 Å². The third kappa shape index (κ3) is 8.41. The molecular formula is C41H48Cl2FN9O3. The fraction of sp³-hybridized carbons (Fsp3) is 0.439. The molecule has 3 aliphatic rings. The van der Waals surface area contributed by atoms with Crippen LogP contribution in [0, 0.1) is 11.2 Å². The van der Waals surface area contributed by atoms with Gasteiger partial charge >= 0.3 is 6.03 Å². The molecule has 0 bridgehead atoms. The van der Waals surface area contributed by atoms with E-state index in [1.165, 1.54) is 0 Å². The number of urea groups is 1. The minimum atomic E-state index is -0.477. The monoisotopic (exact) mass is 803 g/mol. The van der Waals surface area contributed by atoms with E-state index in [-0.39, 0.29) is 29.2 Å². The Bertz CT molecular complexity index is 2100. The first-order valence-corrected chi connectivity index (χ1v) is 19.8. The number of nitrogens with zero attached hydrogens (tertiary/aromatic N) is 7. The second-order valence-electron chi connectivity index (χ2n) is 15.3. The summed E-state index contributed by atoms with van der Waals surface area (Å²) in [5, 5.41) is 7.18. The van der Waals surface area contributed by atoms with Crippen molar-refractivity contribution in [1.82, 2.24) is 39.9 Å². The summed E-state index contributed by atoms with van der Waals surface area (Å²) in [6, 6.07) is 13.0. The molecule has 3 saturated heterocycles. The molecule has 0 aliphatic carbocycles. The summed E-state index contributed by atoms with van der Waals surface area (Å²) in [7, 11) is 5.22. The van der Waals surface area contributed by atoms with Gasteiger partial charge in [0.25, 0.3) is 0 Å². The number of piperidine rings is 1. The molecule has 2 N–H and O–H groups in total. The second-order valence-corrected chi connectivity index (χ2v) is 16.0. The predicted octanol–water partition coefficient (Wildman–Crippen LogP) is 7.08. The molecule has 0 radical (unpaired) electrons. The fourth-order valence-corrected chi connectivity index (χ4v) is 8.74. The highest BCUT2D eigenvalue weighted by Crippen LogP contribution is 2.43. The summed E-state index contributed by atoms with van der Waals surface area (Å²) >= 11 is 14.0. The minimum absolute atomic E-state index is 0.0488. The van der Waals surface area contributed by atoms with Crippen LogP contribution in [0.2, 0.25) is 10.0 Å². The number of rotatable bonds is 10. The number of ether oxygens (including phenoxy) is 1. The van der Waals surface area contributed by atoms with Crippen molar-refractivity contribution in [3.63, 3.8) is 0 Å². The van der Waals surface area contributed by atoms with Gasteiger partial charge in [0, 0.05) is 113 Å². The summed E-state index contributed by atoms with van der Waals surface area (Å²) in [5.74, 6) is 0.169. The molecule has 296 valence electrons. The van der Waals surface area contributed by atoms with Gasteiger partial charge in [-0.3, -0.25) is 14.7 Å². The summed E-state index contributed by atoms with van der Waals surface area (Å²) < 4.78 is 21.5. The van der Waals surface area contributed by atoms with Crippen LogP contribution in [0.4, 0.5) is 20.7 Å². The van der Waals surface area contributed by atoms with Crippen molar-refractivity contribution in [1.29, 1.82) is 0 Å². The molecule has 7 rings (SSSR count). The first-order valence-electron chi connectivity index (χ1n) is 19.0. The van der Waals surface area contributed by atoms with Crippen LogP contribution in [0.5, 0.6) is 5.88 Å². The van der Waals surface area contributed by atoms with Gasteiger partial charge in [-0.25, -0.2) is 19.2 Å². The molecule has 15 heteroatoms. The zero-order valence-electron chi connectivity index (χ0n) is 32.2. The molecule has 12 nitrogen and oxygen atoms in total. The van der Waals surface area contributed by atoms with Crippen molar-refractivity contribution in [3.05, 3.63) is 81.8 Å². The molecule has 3 aromatic heterocycles. The number of methoxy groups -OCH3 is 1. The van der Waals surface area contributed by atoms with Crippen LogP contribution in [-0.4, -0.2) is 113 Å². The largest absolute Gasteiger partial charge is 0.481 e. The normalized spacial score (nSPS) is 18.8. The Hall–Kier alpha value is -4.56. The van der Waals surface area contributed by atoms with Crippen molar-refractivity contribution in [2.45, 2.75) is 51.7 Å². The maximum absolute atomic E-state index is 15.7. The van der Waals surface area contributed by atoms with Crippen LogP contribution in [0.15, 0.2) is 54.9 Å². The highest BCUT2D eigenvalue weighted by Gasteiger charge is 2.45. The van der Waals surface area contributed by atoms with Crippen LogP contribution in [-0.2, 0) is 17.9 Å². The van der Waals surface area contributed by atoms with E-state index in [4.69, 9.17) is 32.9 Å². The van der Waals surface area contributed by atoms with Crippen molar-refractivity contribution in [2.75, 3.05) is 65.8 Å². The van der Waals surface area contributed by atoms with Crippen molar-refractivity contribution >= 4 is 46.6 Å².